The van der Waals surface area contributed by atoms with Crippen LogP contribution in [0.1, 0.15) is 34.5 Å². The SMILES string of the molecule is CCOC(=O)c1cccc(CC(NSI)c2ccccc2)c1. The van der Waals surface area contributed by atoms with Gasteiger partial charge in [0.15, 0.2) is 0 Å². The van der Waals surface area contributed by atoms with Crippen LogP contribution >= 0.6 is 30.3 Å². The molecular weight excluding hydrogens is 409 g/mol. The van der Waals surface area contributed by atoms with Gasteiger partial charge in [0.2, 0.25) is 0 Å². The Morgan fingerprint density at radius 3 is 2.68 bits per heavy atom. The Morgan fingerprint density at radius 1 is 1.23 bits per heavy atom. The first-order chi connectivity index (χ1) is 10.7. The second kappa shape index (κ2) is 9.17. The number of esters is 1. The topological polar surface area (TPSA) is 38.3 Å². The fraction of sp³-hybridized carbons (Fsp3) is 0.235. The number of nitrogens with one attached hydrogen (secondary N) is 1. The molecule has 2 aromatic carbocycles. The Hall–Kier alpha value is -1.05. The van der Waals surface area contributed by atoms with Crippen molar-refractivity contribution in [1.29, 1.82) is 0 Å². The summed E-state index contributed by atoms with van der Waals surface area (Å²) in [5, 5.41) is 0. The summed E-state index contributed by atoms with van der Waals surface area (Å²) < 4.78 is 8.47. The molecule has 0 saturated heterocycles. The molecule has 0 aliphatic carbocycles. The molecule has 5 heteroatoms. The molecule has 1 atom stereocenters. The molecule has 2 rings (SSSR count). The van der Waals surface area contributed by atoms with Gasteiger partial charge in [-0.2, -0.15) is 0 Å². The molecule has 0 heterocycles. The van der Waals surface area contributed by atoms with Gasteiger partial charge in [-0.05, 0) is 45.7 Å². The molecule has 0 fully saturated rings. The average molecular weight is 427 g/mol. The molecule has 2 aromatic rings. The van der Waals surface area contributed by atoms with Crippen LogP contribution in [-0.4, -0.2) is 12.6 Å². The van der Waals surface area contributed by atoms with E-state index in [0.29, 0.717) is 12.2 Å². The first kappa shape index (κ1) is 17.3. The second-order valence-electron chi connectivity index (χ2n) is 4.78. The number of carbonyl (C=O) groups excluding carboxylic acids is 1. The Balaban J connectivity index is 2.16. The summed E-state index contributed by atoms with van der Waals surface area (Å²) in [6, 6.07) is 18.2. The summed E-state index contributed by atoms with van der Waals surface area (Å²) in [5.74, 6) is -0.267. The minimum atomic E-state index is -0.267. The predicted molar refractivity (Wildman–Crippen MR) is 100 cm³/mol. The largest absolute Gasteiger partial charge is 0.462 e. The van der Waals surface area contributed by atoms with Crippen molar-refractivity contribution >= 4 is 36.3 Å². The number of hydrogen-bond donors (Lipinski definition) is 1. The Bertz CT molecular complexity index is 607. The van der Waals surface area contributed by atoms with Crippen molar-refractivity contribution in [3.63, 3.8) is 0 Å². The van der Waals surface area contributed by atoms with Gasteiger partial charge < -0.3 is 4.74 Å². The molecule has 116 valence electrons. The summed E-state index contributed by atoms with van der Waals surface area (Å²) in [6.45, 7) is 2.21. The summed E-state index contributed by atoms with van der Waals surface area (Å²) in [5.41, 5.74) is 2.94. The second-order valence-corrected chi connectivity index (χ2v) is 6.49. The lowest BCUT2D eigenvalue weighted by Crippen LogP contribution is -2.16. The average Bonchev–Trinajstić information content (AvgIpc) is 2.56. The van der Waals surface area contributed by atoms with Crippen molar-refractivity contribution in [2.75, 3.05) is 6.61 Å². The van der Waals surface area contributed by atoms with Crippen molar-refractivity contribution in [2.45, 2.75) is 19.4 Å². The standard InChI is InChI=1S/C17H18INO2S/c1-2-21-17(20)15-10-6-7-13(11-15)12-16(19-22-18)14-8-4-3-5-9-14/h3-11,16,19H,2,12H2,1H3. The Labute approximate surface area is 147 Å². The van der Waals surface area contributed by atoms with Crippen LogP contribution in [0.3, 0.4) is 0 Å². The summed E-state index contributed by atoms with van der Waals surface area (Å²) in [7, 11) is 1.57. The van der Waals surface area contributed by atoms with E-state index in [0.717, 1.165) is 12.0 Å². The van der Waals surface area contributed by atoms with Crippen LogP contribution in [0.25, 0.3) is 0 Å². The fourth-order valence-electron chi connectivity index (χ4n) is 2.24. The third-order valence-corrected chi connectivity index (χ3v) is 4.40. The number of hydrogen-bond acceptors (Lipinski definition) is 4. The Morgan fingerprint density at radius 2 is 2.00 bits per heavy atom. The fourth-order valence-corrected chi connectivity index (χ4v) is 3.49. The van der Waals surface area contributed by atoms with Crippen LogP contribution in [0.5, 0.6) is 0 Å². The summed E-state index contributed by atoms with van der Waals surface area (Å²) in [4.78, 5) is 11.8. The van der Waals surface area contributed by atoms with Gasteiger partial charge in [-0.1, -0.05) is 42.5 Å². The highest BCUT2D eigenvalue weighted by Crippen LogP contribution is 2.23. The zero-order valence-electron chi connectivity index (χ0n) is 12.3. The van der Waals surface area contributed by atoms with Gasteiger partial charge in [0, 0.05) is 27.2 Å². The van der Waals surface area contributed by atoms with E-state index in [4.69, 9.17) is 4.74 Å². The summed E-state index contributed by atoms with van der Waals surface area (Å²) in [6.07, 6.45) is 0.813. The van der Waals surface area contributed by atoms with Crippen molar-refractivity contribution < 1.29 is 9.53 Å². The van der Waals surface area contributed by atoms with Crippen molar-refractivity contribution in [3.05, 3.63) is 71.3 Å². The molecule has 0 radical (unpaired) electrons. The highest BCUT2D eigenvalue weighted by Gasteiger charge is 2.13. The first-order valence-electron chi connectivity index (χ1n) is 7.08. The highest BCUT2D eigenvalue weighted by molar-refractivity contribution is 14.2. The summed E-state index contributed by atoms with van der Waals surface area (Å²) >= 11 is 2.23. The first-order valence-corrected chi connectivity index (χ1v) is 10.4. The molecule has 22 heavy (non-hydrogen) atoms. The van der Waals surface area contributed by atoms with E-state index >= 15 is 0 Å². The van der Waals surface area contributed by atoms with E-state index in [9.17, 15) is 4.79 Å². The van der Waals surface area contributed by atoms with Gasteiger partial charge in [0.05, 0.1) is 12.2 Å². The van der Waals surface area contributed by atoms with Crippen molar-refractivity contribution in [1.82, 2.24) is 4.72 Å². The van der Waals surface area contributed by atoms with Gasteiger partial charge in [-0.3, -0.25) is 0 Å². The lowest BCUT2D eigenvalue weighted by Gasteiger charge is -2.17. The van der Waals surface area contributed by atoms with Gasteiger partial charge >= 0.3 is 5.97 Å². The molecule has 3 nitrogen and oxygen atoms in total. The lowest BCUT2D eigenvalue weighted by atomic mass is 9.98. The number of rotatable bonds is 7. The molecule has 0 aliphatic heterocycles. The van der Waals surface area contributed by atoms with Crippen LogP contribution in [0.4, 0.5) is 0 Å². The lowest BCUT2D eigenvalue weighted by molar-refractivity contribution is 0.0526. The normalized spacial score (nSPS) is 11.9. The number of ether oxygens (including phenoxy) is 1. The molecule has 0 amide bonds. The van der Waals surface area contributed by atoms with Gasteiger partial charge in [-0.25, -0.2) is 9.52 Å². The van der Waals surface area contributed by atoms with Crippen LogP contribution in [0.15, 0.2) is 54.6 Å². The quantitative estimate of drug-likeness (QED) is 0.394. The third-order valence-electron chi connectivity index (χ3n) is 3.27. The van der Waals surface area contributed by atoms with Crippen LogP contribution < -0.4 is 4.72 Å². The minimum Gasteiger partial charge on any atom is -0.462 e. The Kier molecular flexibility index (Phi) is 7.21. The molecule has 0 bridgehead atoms. The third kappa shape index (κ3) is 5.00. The predicted octanol–water partition coefficient (Wildman–Crippen LogP) is 4.73. The van der Waals surface area contributed by atoms with E-state index < -0.39 is 0 Å². The van der Waals surface area contributed by atoms with Crippen LogP contribution in [0.2, 0.25) is 0 Å². The maximum atomic E-state index is 11.8. The molecule has 1 N–H and O–H groups in total. The minimum absolute atomic E-state index is 0.195. The molecule has 0 aromatic heterocycles. The highest BCUT2D eigenvalue weighted by atomic mass is 127. The van der Waals surface area contributed by atoms with Crippen molar-refractivity contribution in [2.24, 2.45) is 0 Å². The number of halogens is 1. The van der Waals surface area contributed by atoms with Gasteiger partial charge in [-0.15, -0.1) is 0 Å². The van der Waals surface area contributed by atoms with Crippen LogP contribution in [0, 0.1) is 0 Å². The molecule has 0 spiro atoms. The van der Waals surface area contributed by atoms with Crippen LogP contribution in [-0.2, 0) is 11.2 Å². The molecule has 1 unspecified atom stereocenters. The van der Waals surface area contributed by atoms with E-state index in [2.05, 4.69) is 38.1 Å². The van der Waals surface area contributed by atoms with E-state index in [1.807, 2.05) is 43.3 Å². The molecule has 0 saturated carbocycles. The maximum Gasteiger partial charge on any atom is 0.338 e. The monoisotopic (exact) mass is 427 g/mol. The van der Waals surface area contributed by atoms with E-state index in [1.54, 1.807) is 15.2 Å². The molecular formula is C17H18INO2S. The smallest absolute Gasteiger partial charge is 0.338 e. The van der Waals surface area contributed by atoms with Gasteiger partial charge in [0.1, 0.15) is 0 Å². The number of carbonyl (C=O) groups is 1. The van der Waals surface area contributed by atoms with E-state index in [-0.39, 0.29) is 12.0 Å². The number of benzene rings is 2. The maximum absolute atomic E-state index is 11.8. The molecule has 0 aliphatic rings. The zero-order valence-corrected chi connectivity index (χ0v) is 15.3. The van der Waals surface area contributed by atoms with Gasteiger partial charge in [0.25, 0.3) is 0 Å². The van der Waals surface area contributed by atoms with Crippen molar-refractivity contribution in [3.8, 4) is 0 Å². The zero-order chi connectivity index (χ0) is 15.8. The van der Waals surface area contributed by atoms with E-state index in [1.165, 1.54) is 5.56 Å².